The Bertz CT molecular complexity index is 524. The third kappa shape index (κ3) is 2.67. The van der Waals surface area contributed by atoms with Crippen LogP contribution in [0.15, 0.2) is 24.3 Å². The summed E-state index contributed by atoms with van der Waals surface area (Å²) in [7, 11) is 0. The van der Waals surface area contributed by atoms with Crippen molar-refractivity contribution in [3.63, 3.8) is 0 Å². The molecule has 2 aliphatic heterocycles. The van der Waals surface area contributed by atoms with Gasteiger partial charge in [0.1, 0.15) is 0 Å². The first-order chi connectivity index (χ1) is 9.74. The first-order valence-corrected chi connectivity index (χ1v) is 7.02. The highest BCUT2D eigenvalue weighted by Gasteiger charge is 2.30. The van der Waals surface area contributed by atoms with Gasteiger partial charge in [-0.15, -0.1) is 0 Å². The highest BCUT2D eigenvalue weighted by molar-refractivity contribution is 6.01. The number of amides is 2. The van der Waals surface area contributed by atoms with E-state index in [-0.39, 0.29) is 24.3 Å². The van der Waals surface area contributed by atoms with E-state index in [4.69, 9.17) is 4.74 Å². The molecule has 5 nitrogen and oxygen atoms in total. The van der Waals surface area contributed by atoms with Crippen LogP contribution in [0.1, 0.15) is 30.7 Å². The molecule has 2 atom stereocenters. The number of fused-ring (bicyclic) bond motifs is 1. The number of hydrogen-bond donors (Lipinski definition) is 2. The van der Waals surface area contributed by atoms with E-state index in [2.05, 4.69) is 10.6 Å². The Morgan fingerprint density at radius 3 is 3.05 bits per heavy atom. The van der Waals surface area contributed by atoms with Crippen molar-refractivity contribution in [1.29, 1.82) is 0 Å². The molecular formula is C15H18N2O3. The van der Waals surface area contributed by atoms with Crippen LogP contribution in [-0.4, -0.2) is 31.1 Å². The van der Waals surface area contributed by atoms with E-state index in [9.17, 15) is 9.59 Å². The smallest absolute Gasteiger partial charge is 0.228 e. The summed E-state index contributed by atoms with van der Waals surface area (Å²) in [5.41, 5.74) is 1.62. The molecule has 1 aromatic rings. The van der Waals surface area contributed by atoms with Gasteiger partial charge in [0.15, 0.2) is 0 Å². The van der Waals surface area contributed by atoms with Crippen LogP contribution in [0.25, 0.3) is 0 Å². The van der Waals surface area contributed by atoms with E-state index < -0.39 is 5.92 Å². The summed E-state index contributed by atoms with van der Waals surface area (Å²) in [5.74, 6) is -0.606. The van der Waals surface area contributed by atoms with E-state index in [1.807, 2.05) is 24.3 Å². The lowest BCUT2D eigenvalue weighted by molar-refractivity contribution is -0.126. The number of anilines is 1. The highest BCUT2D eigenvalue weighted by atomic mass is 16.5. The first-order valence-electron chi connectivity index (χ1n) is 7.02. The Kier molecular flexibility index (Phi) is 3.69. The van der Waals surface area contributed by atoms with Crippen molar-refractivity contribution in [2.45, 2.75) is 31.3 Å². The van der Waals surface area contributed by atoms with Gasteiger partial charge in [-0.1, -0.05) is 18.2 Å². The van der Waals surface area contributed by atoms with Crippen LogP contribution in [0, 0.1) is 0 Å². The number of nitrogens with one attached hydrogen (secondary N) is 2. The lowest BCUT2D eigenvalue weighted by Gasteiger charge is -2.25. The van der Waals surface area contributed by atoms with Gasteiger partial charge in [0.05, 0.1) is 12.0 Å². The monoisotopic (exact) mass is 274 g/mol. The van der Waals surface area contributed by atoms with Crippen LogP contribution < -0.4 is 10.6 Å². The molecule has 1 saturated heterocycles. The third-order valence-corrected chi connectivity index (χ3v) is 3.84. The number of para-hydroxylation sites is 1. The largest absolute Gasteiger partial charge is 0.376 e. The Labute approximate surface area is 117 Å². The molecular weight excluding hydrogens is 256 g/mol. The van der Waals surface area contributed by atoms with E-state index in [1.165, 1.54) is 0 Å². The maximum Gasteiger partial charge on any atom is 0.228 e. The molecule has 2 aliphatic rings. The molecule has 1 fully saturated rings. The van der Waals surface area contributed by atoms with Crippen molar-refractivity contribution in [3.8, 4) is 0 Å². The van der Waals surface area contributed by atoms with Gasteiger partial charge in [-0.05, 0) is 24.5 Å². The number of ether oxygens (including phenoxy) is 1. The fourth-order valence-corrected chi connectivity index (χ4v) is 2.79. The fourth-order valence-electron chi connectivity index (χ4n) is 2.79. The van der Waals surface area contributed by atoms with Crippen LogP contribution in [0.2, 0.25) is 0 Å². The Morgan fingerprint density at radius 2 is 2.25 bits per heavy atom. The number of carbonyl (C=O) groups excluding carboxylic acids is 2. The quantitative estimate of drug-likeness (QED) is 0.875. The predicted octanol–water partition coefficient (Wildman–Crippen LogP) is 1.41. The minimum atomic E-state index is -0.402. The molecule has 0 saturated carbocycles. The molecule has 2 amide bonds. The van der Waals surface area contributed by atoms with Crippen molar-refractivity contribution >= 4 is 17.5 Å². The number of hydrogen-bond acceptors (Lipinski definition) is 3. The summed E-state index contributed by atoms with van der Waals surface area (Å²) in [6.07, 6.45) is 2.36. The van der Waals surface area contributed by atoms with Gasteiger partial charge in [0.2, 0.25) is 11.8 Å². The van der Waals surface area contributed by atoms with Gasteiger partial charge in [-0.25, -0.2) is 0 Å². The second-order valence-corrected chi connectivity index (χ2v) is 5.27. The summed E-state index contributed by atoms with van der Waals surface area (Å²) in [4.78, 5) is 24.0. The van der Waals surface area contributed by atoms with E-state index in [1.54, 1.807) is 0 Å². The van der Waals surface area contributed by atoms with Crippen LogP contribution in [0.3, 0.4) is 0 Å². The van der Waals surface area contributed by atoms with Gasteiger partial charge in [-0.3, -0.25) is 9.59 Å². The number of benzene rings is 1. The lowest BCUT2D eigenvalue weighted by Crippen LogP contribution is -2.38. The lowest BCUT2D eigenvalue weighted by atomic mass is 9.90. The highest BCUT2D eigenvalue weighted by Crippen LogP contribution is 2.31. The Morgan fingerprint density at radius 1 is 1.40 bits per heavy atom. The summed E-state index contributed by atoms with van der Waals surface area (Å²) >= 11 is 0. The maximum atomic E-state index is 12.3. The standard InChI is InChI=1S/C15H18N2O3/c18-14-8-12(11-5-1-2-6-13(11)17-14)15(19)16-9-10-4-3-7-20-10/h1-2,5-6,10,12H,3-4,7-9H2,(H,16,19)(H,17,18)/t10-,12+/m1/s1. The molecule has 2 heterocycles. The minimum absolute atomic E-state index is 0.0946. The average molecular weight is 274 g/mol. The van der Waals surface area contributed by atoms with E-state index >= 15 is 0 Å². The molecule has 3 rings (SSSR count). The van der Waals surface area contributed by atoms with Crippen LogP contribution in [0.4, 0.5) is 5.69 Å². The van der Waals surface area contributed by atoms with E-state index in [0.29, 0.717) is 6.54 Å². The zero-order chi connectivity index (χ0) is 13.9. The molecule has 2 N–H and O–H groups in total. The fraction of sp³-hybridized carbons (Fsp3) is 0.467. The zero-order valence-electron chi connectivity index (χ0n) is 11.2. The summed E-state index contributed by atoms with van der Waals surface area (Å²) < 4.78 is 5.49. The first kappa shape index (κ1) is 13.1. The van der Waals surface area contributed by atoms with Gasteiger partial charge in [0.25, 0.3) is 0 Å². The summed E-state index contributed by atoms with van der Waals surface area (Å²) in [6, 6.07) is 7.46. The Hall–Kier alpha value is -1.88. The number of carbonyl (C=O) groups is 2. The topological polar surface area (TPSA) is 67.4 Å². The molecule has 0 aromatic heterocycles. The molecule has 20 heavy (non-hydrogen) atoms. The second-order valence-electron chi connectivity index (χ2n) is 5.27. The summed E-state index contributed by atoms with van der Waals surface area (Å²) in [5, 5.41) is 5.71. The van der Waals surface area contributed by atoms with Crippen molar-refractivity contribution in [2.75, 3.05) is 18.5 Å². The normalized spacial score (nSPS) is 24.9. The minimum Gasteiger partial charge on any atom is -0.376 e. The molecule has 1 aromatic carbocycles. The van der Waals surface area contributed by atoms with Gasteiger partial charge in [0, 0.05) is 25.3 Å². The van der Waals surface area contributed by atoms with Gasteiger partial charge < -0.3 is 15.4 Å². The van der Waals surface area contributed by atoms with Crippen LogP contribution >= 0.6 is 0 Å². The maximum absolute atomic E-state index is 12.3. The van der Waals surface area contributed by atoms with Crippen LogP contribution in [-0.2, 0) is 14.3 Å². The molecule has 0 bridgehead atoms. The van der Waals surface area contributed by atoms with Crippen molar-refractivity contribution in [2.24, 2.45) is 0 Å². The molecule has 0 spiro atoms. The SMILES string of the molecule is O=C1C[C@H](C(=O)NC[C@H]2CCCO2)c2ccccc2N1. The molecule has 0 unspecified atom stereocenters. The molecule has 106 valence electrons. The predicted molar refractivity (Wildman–Crippen MR) is 74.4 cm³/mol. The van der Waals surface area contributed by atoms with Crippen LogP contribution in [0.5, 0.6) is 0 Å². The van der Waals surface area contributed by atoms with E-state index in [0.717, 1.165) is 30.7 Å². The van der Waals surface area contributed by atoms with Crippen molar-refractivity contribution < 1.29 is 14.3 Å². The van der Waals surface area contributed by atoms with Crippen molar-refractivity contribution in [1.82, 2.24) is 5.32 Å². The van der Waals surface area contributed by atoms with Gasteiger partial charge >= 0.3 is 0 Å². The average Bonchev–Trinajstić information content (AvgIpc) is 2.97. The second kappa shape index (κ2) is 5.63. The Balaban J connectivity index is 1.69. The molecule has 0 radical (unpaired) electrons. The van der Waals surface area contributed by atoms with Crippen molar-refractivity contribution in [3.05, 3.63) is 29.8 Å². The number of rotatable bonds is 3. The third-order valence-electron chi connectivity index (χ3n) is 3.84. The van der Waals surface area contributed by atoms with Gasteiger partial charge in [-0.2, -0.15) is 0 Å². The zero-order valence-corrected chi connectivity index (χ0v) is 11.2. The molecule has 5 heteroatoms. The molecule has 0 aliphatic carbocycles. The summed E-state index contributed by atoms with van der Waals surface area (Å²) in [6.45, 7) is 1.30.